The fraction of sp³-hybridized carbons (Fsp3) is 0.611. The molecule has 25 heavy (non-hydrogen) atoms. The Morgan fingerprint density at radius 1 is 1.24 bits per heavy atom. The topological polar surface area (TPSA) is 97.8 Å². The molecule has 0 radical (unpaired) electrons. The lowest BCUT2D eigenvalue weighted by atomic mass is 9.86. The molecule has 0 unspecified atom stereocenters. The van der Waals surface area contributed by atoms with E-state index in [2.05, 4.69) is 10.3 Å². The highest BCUT2D eigenvalue weighted by molar-refractivity contribution is 5.87. The van der Waals surface area contributed by atoms with Gasteiger partial charge in [0.1, 0.15) is 11.4 Å². The zero-order valence-electron chi connectivity index (χ0n) is 14.9. The van der Waals surface area contributed by atoms with Crippen LogP contribution in [-0.2, 0) is 4.74 Å². The summed E-state index contributed by atoms with van der Waals surface area (Å²) in [5.41, 5.74) is -0.379. The van der Waals surface area contributed by atoms with Crippen LogP contribution in [0.3, 0.4) is 0 Å². The number of carbonyl (C=O) groups is 2. The molecule has 0 aromatic carbocycles. The van der Waals surface area contributed by atoms with Crippen molar-refractivity contribution < 1.29 is 24.2 Å². The second-order valence-electron chi connectivity index (χ2n) is 7.39. The molecule has 138 valence electrons. The van der Waals surface area contributed by atoms with E-state index in [9.17, 15) is 9.59 Å². The van der Waals surface area contributed by atoms with Gasteiger partial charge in [0.15, 0.2) is 0 Å². The number of amides is 1. The van der Waals surface area contributed by atoms with Crippen LogP contribution in [0, 0.1) is 5.92 Å². The van der Waals surface area contributed by atoms with Crippen LogP contribution in [0.2, 0.25) is 0 Å². The van der Waals surface area contributed by atoms with E-state index in [4.69, 9.17) is 14.6 Å². The van der Waals surface area contributed by atoms with Crippen LogP contribution in [0.1, 0.15) is 56.8 Å². The summed E-state index contributed by atoms with van der Waals surface area (Å²) in [6.45, 7) is 6.04. The van der Waals surface area contributed by atoms with Crippen molar-refractivity contribution in [3.63, 3.8) is 0 Å². The SMILES string of the molecule is CC(C)(C)OC(=O)NC1CCC(COc2cncc(C(=O)O)c2)CC1. The molecule has 1 aliphatic carbocycles. The maximum atomic E-state index is 11.8. The number of ether oxygens (including phenoxy) is 2. The summed E-state index contributed by atoms with van der Waals surface area (Å²) >= 11 is 0. The Bertz CT molecular complexity index is 604. The van der Waals surface area contributed by atoms with Gasteiger partial charge >= 0.3 is 12.1 Å². The Balaban J connectivity index is 1.73. The second kappa shape index (κ2) is 8.18. The molecular weight excluding hydrogens is 324 g/mol. The fourth-order valence-electron chi connectivity index (χ4n) is 2.78. The average molecular weight is 350 g/mol. The Hall–Kier alpha value is -2.31. The molecular formula is C18H26N2O5. The van der Waals surface area contributed by atoms with Crippen molar-refractivity contribution >= 4 is 12.1 Å². The molecule has 1 aliphatic rings. The van der Waals surface area contributed by atoms with Gasteiger partial charge in [-0.05, 0) is 58.4 Å². The maximum Gasteiger partial charge on any atom is 0.407 e. The average Bonchev–Trinajstić information content (AvgIpc) is 2.52. The van der Waals surface area contributed by atoms with E-state index in [1.54, 1.807) is 0 Å². The molecule has 1 aromatic rings. The van der Waals surface area contributed by atoms with Crippen LogP contribution < -0.4 is 10.1 Å². The zero-order chi connectivity index (χ0) is 18.4. The minimum Gasteiger partial charge on any atom is -0.492 e. The molecule has 1 amide bonds. The fourth-order valence-corrected chi connectivity index (χ4v) is 2.78. The summed E-state index contributed by atoms with van der Waals surface area (Å²) in [5, 5.41) is 11.9. The summed E-state index contributed by atoms with van der Waals surface area (Å²) in [7, 11) is 0. The normalized spacial score (nSPS) is 20.6. The van der Waals surface area contributed by atoms with Crippen LogP contribution in [0.4, 0.5) is 4.79 Å². The number of alkyl carbamates (subject to hydrolysis) is 1. The molecule has 1 saturated carbocycles. The lowest BCUT2D eigenvalue weighted by Gasteiger charge is -2.30. The molecule has 2 rings (SSSR count). The van der Waals surface area contributed by atoms with E-state index in [-0.39, 0.29) is 17.7 Å². The summed E-state index contributed by atoms with van der Waals surface area (Å²) in [4.78, 5) is 26.6. The lowest BCUT2D eigenvalue weighted by molar-refractivity contribution is 0.0482. The van der Waals surface area contributed by atoms with Crippen molar-refractivity contribution in [3.8, 4) is 5.75 Å². The molecule has 0 spiro atoms. The summed E-state index contributed by atoms with van der Waals surface area (Å²) < 4.78 is 11.0. The predicted molar refractivity (Wildman–Crippen MR) is 91.8 cm³/mol. The summed E-state index contributed by atoms with van der Waals surface area (Å²) in [5.74, 6) is -0.175. The lowest BCUT2D eigenvalue weighted by Crippen LogP contribution is -2.41. The predicted octanol–water partition coefficient (Wildman–Crippen LogP) is 3.24. The smallest absolute Gasteiger partial charge is 0.407 e. The van der Waals surface area contributed by atoms with Gasteiger partial charge in [-0.25, -0.2) is 9.59 Å². The number of rotatable bonds is 5. The van der Waals surface area contributed by atoms with Crippen LogP contribution in [0.5, 0.6) is 5.75 Å². The Morgan fingerprint density at radius 2 is 1.92 bits per heavy atom. The summed E-state index contributed by atoms with van der Waals surface area (Å²) in [6.07, 6.45) is 6.06. The van der Waals surface area contributed by atoms with E-state index in [0.717, 1.165) is 25.7 Å². The van der Waals surface area contributed by atoms with E-state index in [1.807, 2.05) is 20.8 Å². The first-order valence-electron chi connectivity index (χ1n) is 8.53. The molecule has 1 heterocycles. The molecule has 0 bridgehead atoms. The van der Waals surface area contributed by atoms with E-state index >= 15 is 0 Å². The molecule has 0 atom stereocenters. The third-order valence-corrected chi connectivity index (χ3v) is 4.01. The number of hydrogen-bond donors (Lipinski definition) is 2. The Morgan fingerprint density at radius 3 is 2.52 bits per heavy atom. The minimum atomic E-state index is -1.02. The molecule has 0 saturated heterocycles. The number of nitrogens with one attached hydrogen (secondary N) is 1. The number of hydrogen-bond acceptors (Lipinski definition) is 5. The number of pyridine rings is 1. The maximum absolute atomic E-state index is 11.8. The first-order chi connectivity index (χ1) is 11.7. The van der Waals surface area contributed by atoms with Gasteiger partial charge in [-0.3, -0.25) is 4.98 Å². The molecule has 2 N–H and O–H groups in total. The standard InChI is InChI=1S/C18H26N2O5/c1-18(2,3)25-17(23)20-14-6-4-12(5-7-14)11-24-15-8-13(16(21)22)9-19-10-15/h8-10,12,14H,4-7,11H2,1-3H3,(H,20,23)(H,21,22). The highest BCUT2D eigenvalue weighted by atomic mass is 16.6. The highest BCUT2D eigenvalue weighted by Gasteiger charge is 2.25. The van der Waals surface area contributed by atoms with Crippen LogP contribution in [-0.4, -0.2) is 40.4 Å². The molecule has 1 fully saturated rings. The Labute approximate surface area is 147 Å². The van der Waals surface area contributed by atoms with Gasteiger partial charge in [0.05, 0.1) is 18.4 Å². The number of carbonyl (C=O) groups excluding carboxylic acids is 1. The first kappa shape index (κ1) is 19.0. The number of carboxylic acids is 1. The largest absolute Gasteiger partial charge is 0.492 e. The van der Waals surface area contributed by atoms with Gasteiger partial charge in [-0.2, -0.15) is 0 Å². The number of aromatic carboxylic acids is 1. The molecule has 0 aliphatic heterocycles. The third-order valence-electron chi connectivity index (χ3n) is 4.01. The van der Waals surface area contributed by atoms with Crippen molar-refractivity contribution in [2.45, 2.75) is 58.1 Å². The molecule has 1 aromatic heterocycles. The van der Waals surface area contributed by atoms with E-state index in [1.165, 1.54) is 18.5 Å². The third kappa shape index (κ3) is 6.60. The summed E-state index contributed by atoms with van der Waals surface area (Å²) in [6, 6.07) is 1.61. The quantitative estimate of drug-likeness (QED) is 0.846. The Kier molecular flexibility index (Phi) is 6.22. The van der Waals surface area contributed by atoms with Crippen molar-refractivity contribution in [1.82, 2.24) is 10.3 Å². The van der Waals surface area contributed by atoms with Crippen molar-refractivity contribution in [3.05, 3.63) is 24.0 Å². The number of nitrogens with zero attached hydrogens (tertiary/aromatic N) is 1. The van der Waals surface area contributed by atoms with Crippen LogP contribution >= 0.6 is 0 Å². The monoisotopic (exact) mass is 350 g/mol. The highest BCUT2D eigenvalue weighted by Crippen LogP contribution is 2.25. The molecule has 7 nitrogen and oxygen atoms in total. The van der Waals surface area contributed by atoms with Crippen LogP contribution in [0.15, 0.2) is 18.5 Å². The van der Waals surface area contributed by atoms with Gasteiger partial charge in [-0.15, -0.1) is 0 Å². The number of carboxylic acid groups (broad SMARTS) is 1. The van der Waals surface area contributed by atoms with Gasteiger partial charge in [0.25, 0.3) is 0 Å². The van der Waals surface area contributed by atoms with Gasteiger partial charge in [0, 0.05) is 12.2 Å². The van der Waals surface area contributed by atoms with Crippen molar-refractivity contribution in [2.75, 3.05) is 6.61 Å². The first-order valence-corrected chi connectivity index (χ1v) is 8.53. The van der Waals surface area contributed by atoms with Gasteiger partial charge < -0.3 is 19.9 Å². The minimum absolute atomic E-state index is 0.114. The van der Waals surface area contributed by atoms with Gasteiger partial charge in [-0.1, -0.05) is 0 Å². The molecule has 7 heteroatoms. The second-order valence-corrected chi connectivity index (χ2v) is 7.39. The number of aromatic nitrogens is 1. The van der Waals surface area contributed by atoms with Crippen molar-refractivity contribution in [2.24, 2.45) is 5.92 Å². The van der Waals surface area contributed by atoms with E-state index in [0.29, 0.717) is 18.3 Å². The van der Waals surface area contributed by atoms with Crippen LogP contribution in [0.25, 0.3) is 0 Å². The van der Waals surface area contributed by atoms with E-state index < -0.39 is 11.6 Å². The van der Waals surface area contributed by atoms with Gasteiger partial charge in [0.2, 0.25) is 0 Å². The van der Waals surface area contributed by atoms with Crippen molar-refractivity contribution in [1.29, 1.82) is 0 Å². The zero-order valence-corrected chi connectivity index (χ0v) is 14.9.